The molecule has 1 aliphatic carbocycles. The predicted molar refractivity (Wildman–Crippen MR) is 51.3 cm³/mol. The van der Waals surface area contributed by atoms with Crippen LogP contribution in [0.1, 0.15) is 45.4 Å². The zero-order valence-corrected chi connectivity index (χ0v) is 7.96. The zero-order valence-electron chi connectivity index (χ0n) is 7.96. The van der Waals surface area contributed by atoms with Crippen LogP contribution in [-0.4, -0.2) is 12.8 Å². The van der Waals surface area contributed by atoms with E-state index < -0.39 is 0 Å². The lowest BCUT2D eigenvalue weighted by atomic mass is 9.87. The second kappa shape index (κ2) is 6.04. The molecule has 0 spiro atoms. The van der Waals surface area contributed by atoms with Crippen molar-refractivity contribution in [1.29, 1.82) is 0 Å². The van der Waals surface area contributed by atoms with Crippen LogP contribution in [0.4, 0.5) is 0 Å². The van der Waals surface area contributed by atoms with Crippen LogP contribution in [0.5, 0.6) is 0 Å². The highest BCUT2D eigenvalue weighted by Gasteiger charge is 2.14. The molecule has 0 aromatic heterocycles. The van der Waals surface area contributed by atoms with Crippen LogP contribution in [0.15, 0.2) is 5.16 Å². The molecule has 0 aromatic rings. The Hall–Kier alpha value is -0.530. The Labute approximate surface area is 75.0 Å². The zero-order chi connectivity index (χ0) is 8.65. The van der Waals surface area contributed by atoms with E-state index in [1.807, 2.05) is 6.21 Å². The number of hydrogen-bond donors (Lipinski definition) is 0. The molecule has 0 aromatic carbocycles. The molecular weight excluding hydrogens is 150 g/mol. The summed E-state index contributed by atoms with van der Waals surface area (Å²) >= 11 is 0. The minimum atomic E-state index is 0.719. The SMILES string of the molecule is CCCCCON=CC1CCC1. The molecule has 1 fully saturated rings. The summed E-state index contributed by atoms with van der Waals surface area (Å²) in [5.41, 5.74) is 0. The minimum Gasteiger partial charge on any atom is -0.396 e. The van der Waals surface area contributed by atoms with Crippen LogP contribution in [0, 0.1) is 5.92 Å². The van der Waals surface area contributed by atoms with Gasteiger partial charge in [0.25, 0.3) is 0 Å². The molecule has 0 bridgehead atoms. The normalized spacial score (nSPS) is 18.1. The second-order valence-electron chi connectivity index (χ2n) is 3.49. The Balaban J connectivity index is 1.83. The highest BCUT2D eigenvalue weighted by atomic mass is 16.6. The molecular formula is C10H19NO. The Morgan fingerprint density at radius 1 is 1.42 bits per heavy atom. The average Bonchev–Trinajstić information content (AvgIpc) is 2.00. The molecule has 0 radical (unpaired) electrons. The molecule has 2 nitrogen and oxygen atoms in total. The molecule has 1 aliphatic rings. The number of oxime groups is 1. The van der Waals surface area contributed by atoms with Gasteiger partial charge in [-0.3, -0.25) is 0 Å². The van der Waals surface area contributed by atoms with Crippen LogP contribution < -0.4 is 0 Å². The summed E-state index contributed by atoms with van der Waals surface area (Å²) in [6, 6.07) is 0. The summed E-state index contributed by atoms with van der Waals surface area (Å²) in [4.78, 5) is 5.11. The molecule has 0 aliphatic heterocycles. The Morgan fingerprint density at radius 3 is 2.83 bits per heavy atom. The highest BCUT2D eigenvalue weighted by Crippen LogP contribution is 2.23. The molecule has 12 heavy (non-hydrogen) atoms. The van der Waals surface area contributed by atoms with E-state index in [2.05, 4.69) is 12.1 Å². The van der Waals surface area contributed by atoms with E-state index in [0.29, 0.717) is 0 Å². The first-order valence-electron chi connectivity index (χ1n) is 5.09. The monoisotopic (exact) mass is 169 g/mol. The van der Waals surface area contributed by atoms with Crippen molar-refractivity contribution < 1.29 is 4.84 Å². The molecule has 0 unspecified atom stereocenters. The summed E-state index contributed by atoms with van der Waals surface area (Å²) in [5, 5.41) is 3.94. The number of unbranched alkanes of at least 4 members (excludes halogenated alkanes) is 2. The van der Waals surface area contributed by atoms with E-state index in [1.54, 1.807) is 0 Å². The van der Waals surface area contributed by atoms with E-state index in [4.69, 9.17) is 4.84 Å². The summed E-state index contributed by atoms with van der Waals surface area (Å²) in [6.45, 7) is 2.98. The van der Waals surface area contributed by atoms with E-state index in [-0.39, 0.29) is 0 Å². The van der Waals surface area contributed by atoms with Crippen molar-refractivity contribution in [3.05, 3.63) is 0 Å². The summed E-state index contributed by atoms with van der Waals surface area (Å²) in [5.74, 6) is 0.719. The minimum absolute atomic E-state index is 0.719. The topological polar surface area (TPSA) is 21.6 Å². The van der Waals surface area contributed by atoms with E-state index in [9.17, 15) is 0 Å². The van der Waals surface area contributed by atoms with Crippen molar-refractivity contribution in [1.82, 2.24) is 0 Å². The van der Waals surface area contributed by atoms with Crippen molar-refractivity contribution in [2.24, 2.45) is 11.1 Å². The van der Waals surface area contributed by atoms with Gasteiger partial charge in [0.1, 0.15) is 6.61 Å². The summed E-state index contributed by atoms with van der Waals surface area (Å²) < 4.78 is 0. The Kier molecular flexibility index (Phi) is 4.81. The third kappa shape index (κ3) is 3.74. The van der Waals surface area contributed by atoms with Crippen LogP contribution in [0.25, 0.3) is 0 Å². The van der Waals surface area contributed by atoms with Crippen LogP contribution in [0.2, 0.25) is 0 Å². The number of rotatable bonds is 6. The first kappa shape index (κ1) is 9.56. The molecule has 0 heterocycles. The molecule has 70 valence electrons. The maximum atomic E-state index is 5.11. The Morgan fingerprint density at radius 2 is 2.25 bits per heavy atom. The largest absolute Gasteiger partial charge is 0.396 e. The second-order valence-corrected chi connectivity index (χ2v) is 3.49. The van der Waals surface area contributed by atoms with Crippen molar-refractivity contribution >= 4 is 6.21 Å². The van der Waals surface area contributed by atoms with Gasteiger partial charge < -0.3 is 4.84 Å². The average molecular weight is 169 g/mol. The van der Waals surface area contributed by atoms with Gasteiger partial charge in [0.15, 0.2) is 0 Å². The van der Waals surface area contributed by atoms with Gasteiger partial charge in [-0.2, -0.15) is 0 Å². The first-order chi connectivity index (χ1) is 5.93. The molecule has 0 amide bonds. The molecule has 0 N–H and O–H groups in total. The van der Waals surface area contributed by atoms with E-state index in [1.165, 1.54) is 32.1 Å². The van der Waals surface area contributed by atoms with Crippen LogP contribution in [-0.2, 0) is 4.84 Å². The van der Waals surface area contributed by atoms with Gasteiger partial charge in [-0.15, -0.1) is 0 Å². The lowest BCUT2D eigenvalue weighted by Crippen LogP contribution is -2.12. The van der Waals surface area contributed by atoms with Gasteiger partial charge in [-0.1, -0.05) is 31.3 Å². The van der Waals surface area contributed by atoms with Crippen molar-refractivity contribution in [2.75, 3.05) is 6.61 Å². The lowest BCUT2D eigenvalue weighted by Gasteiger charge is -2.19. The van der Waals surface area contributed by atoms with Gasteiger partial charge in [0, 0.05) is 6.21 Å². The fourth-order valence-corrected chi connectivity index (χ4v) is 1.19. The molecule has 2 heteroatoms. The fourth-order valence-electron chi connectivity index (χ4n) is 1.19. The molecule has 1 rings (SSSR count). The van der Waals surface area contributed by atoms with Gasteiger partial charge in [0.2, 0.25) is 0 Å². The predicted octanol–water partition coefficient (Wildman–Crippen LogP) is 2.98. The third-order valence-corrected chi connectivity index (χ3v) is 2.34. The van der Waals surface area contributed by atoms with Crippen molar-refractivity contribution in [3.8, 4) is 0 Å². The van der Waals surface area contributed by atoms with E-state index in [0.717, 1.165) is 18.9 Å². The fraction of sp³-hybridized carbons (Fsp3) is 0.900. The highest BCUT2D eigenvalue weighted by molar-refractivity contribution is 5.60. The quantitative estimate of drug-likeness (QED) is 0.340. The Bertz CT molecular complexity index is 130. The summed E-state index contributed by atoms with van der Waals surface area (Å²) in [6.07, 6.45) is 9.58. The van der Waals surface area contributed by atoms with E-state index >= 15 is 0 Å². The number of nitrogens with zero attached hydrogens (tertiary/aromatic N) is 1. The lowest BCUT2D eigenvalue weighted by molar-refractivity contribution is 0.139. The van der Waals surface area contributed by atoms with Gasteiger partial charge >= 0.3 is 0 Å². The third-order valence-electron chi connectivity index (χ3n) is 2.34. The van der Waals surface area contributed by atoms with Crippen LogP contribution in [0.3, 0.4) is 0 Å². The number of hydrogen-bond acceptors (Lipinski definition) is 2. The van der Waals surface area contributed by atoms with Gasteiger partial charge in [0.05, 0.1) is 0 Å². The standard InChI is InChI=1S/C10H19NO/c1-2-3-4-8-12-11-9-10-6-5-7-10/h9-10H,2-8H2,1H3. The van der Waals surface area contributed by atoms with Gasteiger partial charge in [-0.05, 0) is 25.2 Å². The maximum Gasteiger partial charge on any atom is 0.117 e. The first-order valence-corrected chi connectivity index (χ1v) is 5.09. The molecule has 1 saturated carbocycles. The summed E-state index contributed by atoms with van der Waals surface area (Å²) in [7, 11) is 0. The maximum absolute atomic E-state index is 5.11. The van der Waals surface area contributed by atoms with Crippen molar-refractivity contribution in [2.45, 2.75) is 45.4 Å². The smallest absolute Gasteiger partial charge is 0.117 e. The molecule has 0 saturated heterocycles. The van der Waals surface area contributed by atoms with Gasteiger partial charge in [-0.25, -0.2) is 0 Å². The molecule has 0 atom stereocenters. The van der Waals surface area contributed by atoms with Crippen molar-refractivity contribution in [3.63, 3.8) is 0 Å². The van der Waals surface area contributed by atoms with Crippen LogP contribution >= 0.6 is 0 Å².